The zero-order chi connectivity index (χ0) is 65.9. The number of hydrogen-bond acceptors (Lipinski definition) is 14. The molecule has 0 N–H and O–H groups in total. The van der Waals surface area contributed by atoms with Gasteiger partial charge >= 0.3 is 23.9 Å². The fourth-order valence-corrected chi connectivity index (χ4v) is 24.8. The van der Waals surface area contributed by atoms with E-state index in [-0.39, 0.29) is 23.9 Å². The van der Waals surface area contributed by atoms with E-state index in [1.165, 1.54) is 302 Å². The summed E-state index contributed by atoms with van der Waals surface area (Å²) in [5.74, 6) is -0.887. The normalized spacial score (nSPS) is 13.6. The minimum atomic E-state index is -1.24. The van der Waals surface area contributed by atoms with E-state index in [0.29, 0.717) is 39.6 Å². The molecule has 0 aliphatic heterocycles. The first-order valence-corrected chi connectivity index (χ1v) is 46.7. The summed E-state index contributed by atoms with van der Waals surface area (Å²) in [6.07, 6.45) is 64.0. The van der Waals surface area contributed by atoms with Crippen molar-refractivity contribution >= 4 is 82.5 Å². The van der Waals surface area contributed by atoms with Crippen LogP contribution in [-0.2, 0) is 47.2 Å². The van der Waals surface area contributed by atoms with Crippen molar-refractivity contribution in [2.75, 3.05) is 39.6 Å². The molecule has 0 bridgehead atoms. The molecule has 4 atom stereocenters. The van der Waals surface area contributed by atoms with Crippen LogP contribution in [0.5, 0.6) is 0 Å². The summed E-state index contributed by atoms with van der Waals surface area (Å²) in [6, 6.07) is 0. The first-order valence-electron chi connectivity index (χ1n) is 38.2. The van der Waals surface area contributed by atoms with Crippen molar-refractivity contribution < 1.29 is 47.2 Å². The number of hydrogen-bond donors (Lipinski definition) is 0. The van der Waals surface area contributed by atoms with Gasteiger partial charge in [0.1, 0.15) is 21.0 Å². The molecule has 0 aliphatic carbocycles. The smallest absolute Gasteiger partial charge is 0.319 e. The standard InChI is InChI=1S/C74H144O10P2S4/c1-9-13-17-21-25-29-33-37-41-45-49-55-61-79-71(75)67(5)87-85(88-68(6)72(76)80-62-56-50-46-42-38-34-30-26-22-18-14-10-2)83-65-59-53-54-60-66-84-86(89-69(7)73(77)81-63-57-51-47-43-39-35-31-27-23-19-15-11-3)90-70(8)74(78)82-64-58-52-48-44-40-36-32-28-24-20-16-12-4/h67-70H,9-66H2,1-8H3. The molecule has 90 heavy (non-hydrogen) atoms. The van der Waals surface area contributed by atoms with Gasteiger partial charge in [-0.1, -0.05) is 369 Å². The summed E-state index contributed by atoms with van der Waals surface area (Å²) in [5.41, 5.74) is 0. The van der Waals surface area contributed by atoms with Gasteiger partial charge < -0.3 is 28.0 Å². The molecular formula is C74H144O10P2S4. The largest absolute Gasteiger partial charge is 0.465 e. The van der Waals surface area contributed by atoms with Gasteiger partial charge in [-0.2, -0.15) is 0 Å². The maximum absolute atomic E-state index is 13.3. The highest BCUT2D eigenvalue weighted by molar-refractivity contribution is 8.87. The molecule has 0 rings (SSSR count). The molecule has 0 heterocycles. The lowest BCUT2D eigenvalue weighted by molar-refractivity contribution is -0.143. The Hall–Kier alpha value is 0.0600. The van der Waals surface area contributed by atoms with Gasteiger partial charge in [0, 0.05) is 0 Å². The molecule has 0 aromatic rings. The number of esters is 4. The van der Waals surface area contributed by atoms with Crippen LogP contribution in [0.3, 0.4) is 0 Å². The quantitative estimate of drug-likeness (QED) is 0.0248. The van der Waals surface area contributed by atoms with Gasteiger partial charge in [-0.15, -0.1) is 0 Å². The third-order valence-electron chi connectivity index (χ3n) is 16.7. The average Bonchev–Trinajstić information content (AvgIpc) is 3.40. The van der Waals surface area contributed by atoms with Crippen LogP contribution in [-0.4, -0.2) is 84.5 Å². The Morgan fingerprint density at radius 3 is 0.511 bits per heavy atom. The van der Waals surface area contributed by atoms with Gasteiger partial charge in [0.05, 0.1) is 39.6 Å². The van der Waals surface area contributed by atoms with Gasteiger partial charge in [0.25, 0.3) is 0 Å². The van der Waals surface area contributed by atoms with E-state index >= 15 is 0 Å². The molecule has 0 amide bonds. The lowest BCUT2D eigenvalue weighted by Gasteiger charge is -2.22. The van der Waals surface area contributed by atoms with Crippen molar-refractivity contribution in [2.24, 2.45) is 0 Å². The van der Waals surface area contributed by atoms with Crippen LogP contribution in [0, 0.1) is 0 Å². The Morgan fingerprint density at radius 1 is 0.222 bits per heavy atom. The number of rotatable bonds is 73. The monoisotopic (exact) mass is 1380 g/mol. The Kier molecular flexibility index (Phi) is 71.9. The average molecular weight is 1380 g/mol. The minimum absolute atomic E-state index is 0.222. The predicted octanol–water partition coefficient (Wildman–Crippen LogP) is 26.5. The van der Waals surface area contributed by atoms with E-state index in [1.807, 2.05) is 27.7 Å². The van der Waals surface area contributed by atoms with Crippen molar-refractivity contribution in [3.05, 3.63) is 0 Å². The Balaban J connectivity index is 5.26. The Morgan fingerprint density at radius 2 is 0.356 bits per heavy atom. The van der Waals surface area contributed by atoms with E-state index in [0.717, 1.165) is 77.0 Å². The maximum atomic E-state index is 13.3. The van der Waals surface area contributed by atoms with Gasteiger partial charge in [-0.05, 0) is 66.2 Å². The van der Waals surface area contributed by atoms with Crippen LogP contribution in [0.2, 0.25) is 0 Å². The second-order valence-corrected chi connectivity index (χ2v) is 38.7. The highest BCUT2D eigenvalue weighted by Crippen LogP contribution is 2.66. The van der Waals surface area contributed by atoms with E-state index < -0.39 is 34.1 Å². The Labute approximate surface area is 575 Å². The number of unbranched alkanes of at least 4 members (excludes halogenated alkanes) is 47. The minimum Gasteiger partial charge on any atom is -0.465 e. The summed E-state index contributed by atoms with van der Waals surface area (Å²) in [4.78, 5) is 53.1. The molecule has 0 saturated heterocycles. The zero-order valence-electron chi connectivity index (χ0n) is 59.9. The first-order chi connectivity index (χ1) is 44.0. The summed E-state index contributed by atoms with van der Waals surface area (Å²) in [7, 11) is 0. The molecule has 0 fully saturated rings. The molecule has 16 heteroatoms. The molecule has 0 saturated carbocycles. The summed E-state index contributed by atoms with van der Waals surface area (Å²) >= 11 is 5.92. The van der Waals surface area contributed by atoms with Crippen molar-refractivity contribution in [2.45, 2.75) is 410 Å². The van der Waals surface area contributed by atoms with Crippen LogP contribution < -0.4 is 0 Å². The molecule has 534 valence electrons. The van der Waals surface area contributed by atoms with E-state index in [9.17, 15) is 19.2 Å². The van der Waals surface area contributed by atoms with Crippen LogP contribution in [0.4, 0.5) is 0 Å². The van der Waals surface area contributed by atoms with Crippen molar-refractivity contribution in [1.82, 2.24) is 0 Å². The maximum Gasteiger partial charge on any atom is 0.319 e. The molecule has 0 aromatic heterocycles. The van der Waals surface area contributed by atoms with E-state index in [1.54, 1.807) is 0 Å². The highest BCUT2D eigenvalue weighted by atomic mass is 33.1. The van der Waals surface area contributed by atoms with Crippen molar-refractivity contribution in [3.8, 4) is 0 Å². The van der Waals surface area contributed by atoms with Crippen LogP contribution >= 0.6 is 58.6 Å². The fraction of sp³-hybridized carbons (Fsp3) is 0.946. The van der Waals surface area contributed by atoms with Crippen LogP contribution in [0.1, 0.15) is 389 Å². The predicted molar refractivity (Wildman–Crippen MR) is 401 cm³/mol. The van der Waals surface area contributed by atoms with Crippen LogP contribution in [0.25, 0.3) is 0 Å². The zero-order valence-corrected chi connectivity index (χ0v) is 65.0. The van der Waals surface area contributed by atoms with Crippen molar-refractivity contribution in [3.63, 3.8) is 0 Å². The van der Waals surface area contributed by atoms with Gasteiger partial charge in [-0.3, -0.25) is 19.2 Å². The van der Waals surface area contributed by atoms with Gasteiger partial charge in [0.2, 0.25) is 0 Å². The number of carbonyl (C=O) groups is 4. The first kappa shape index (κ1) is 90.1. The molecule has 0 spiro atoms. The lowest BCUT2D eigenvalue weighted by atomic mass is 10.1. The highest BCUT2D eigenvalue weighted by Gasteiger charge is 2.29. The molecule has 0 radical (unpaired) electrons. The number of carbonyl (C=O) groups excluding carboxylic acids is 4. The molecule has 10 nitrogen and oxygen atoms in total. The summed E-state index contributed by atoms with van der Waals surface area (Å²) in [6.45, 7) is 17.0. The molecule has 4 unspecified atom stereocenters. The Bertz CT molecular complexity index is 1350. The van der Waals surface area contributed by atoms with Gasteiger partial charge in [0.15, 0.2) is 13.1 Å². The topological polar surface area (TPSA) is 124 Å². The van der Waals surface area contributed by atoms with Crippen LogP contribution in [0.15, 0.2) is 0 Å². The third kappa shape index (κ3) is 62.8. The summed E-state index contributed by atoms with van der Waals surface area (Å²) in [5, 5.41) is -1.66. The molecular weight excluding hydrogens is 1240 g/mol. The molecule has 0 aliphatic rings. The lowest BCUT2D eigenvalue weighted by Crippen LogP contribution is -2.19. The fourth-order valence-electron chi connectivity index (χ4n) is 10.6. The van der Waals surface area contributed by atoms with Crippen molar-refractivity contribution in [1.29, 1.82) is 0 Å². The van der Waals surface area contributed by atoms with E-state index in [2.05, 4.69) is 27.7 Å². The SMILES string of the molecule is CCCCCCCCCCCCCCOC(=O)C(C)SP(OCCCCCCOP(SC(C)C(=O)OCCCCCCCCCCCCCC)SC(C)C(=O)OCCCCCCCCCCCCCC)SC(C)C(=O)OCCCCCCCCCCCCCC. The molecule has 0 aromatic carbocycles. The number of ether oxygens (including phenoxy) is 4. The summed E-state index contributed by atoms with van der Waals surface area (Å²) < 4.78 is 36.1. The third-order valence-corrected chi connectivity index (χ3v) is 30.4. The van der Waals surface area contributed by atoms with Gasteiger partial charge in [-0.25, -0.2) is 0 Å². The van der Waals surface area contributed by atoms with E-state index in [4.69, 9.17) is 28.0 Å². The second-order valence-electron chi connectivity index (χ2n) is 25.7. The second kappa shape index (κ2) is 71.8.